The van der Waals surface area contributed by atoms with E-state index in [0.29, 0.717) is 17.5 Å². The molecule has 0 bridgehead atoms. The molecule has 0 saturated carbocycles. The number of urea groups is 1. The predicted molar refractivity (Wildman–Crippen MR) is 120 cm³/mol. The van der Waals surface area contributed by atoms with E-state index < -0.39 is 0 Å². The maximum atomic E-state index is 13.2. The molecule has 2 aliphatic heterocycles. The number of nitrogens with one attached hydrogen (secondary N) is 1. The summed E-state index contributed by atoms with van der Waals surface area (Å²) in [7, 11) is 0. The van der Waals surface area contributed by atoms with Gasteiger partial charge in [0.1, 0.15) is 5.69 Å². The standard InChI is InChI=1S/C23H34N4O2S/c1-23(2,3)25-22(29)26-13-10-17(11-14-26)20-24-18(15-30-20)21(28)27-12-6-8-16-7-4-5-9-19(16)27/h9,15-17H,4-8,10-14H2,1-3H3,(H,25,29). The summed E-state index contributed by atoms with van der Waals surface area (Å²) in [5.74, 6) is 0.953. The van der Waals surface area contributed by atoms with Crippen LogP contribution >= 0.6 is 11.3 Å². The molecule has 2 fully saturated rings. The molecule has 1 unspecified atom stereocenters. The van der Waals surface area contributed by atoms with Crippen LogP contribution < -0.4 is 5.32 Å². The summed E-state index contributed by atoms with van der Waals surface area (Å²) in [5.41, 5.74) is 1.61. The number of fused-ring (bicyclic) bond motifs is 1. The highest BCUT2D eigenvalue weighted by Gasteiger charge is 2.33. The average molecular weight is 431 g/mol. The lowest BCUT2D eigenvalue weighted by atomic mass is 9.85. The van der Waals surface area contributed by atoms with Crippen LogP contribution in [-0.2, 0) is 0 Å². The first-order chi connectivity index (χ1) is 14.3. The van der Waals surface area contributed by atoms with Crippen LogP contribution in [0, 0.1) is 5.92 Å². The van der Waals surface area contributed by atoms with E-state index in [1.54, 1.807) is 11.3 Å². The van der Waals surface area contributed by atoms with Gasteiger partial charge in [-0.2, -0.15) is 0 Å². The van der Waals surface area contributed by atoms with Crippen LogP contribution in [0.3, 0.4) is 0 Å². The molecule has 30 heavy (non-hydrogen) atoms. The Hall–Kier alpha value is -1.89. The maximum Gasteiger partial charge on any atom is 0.317 e. The zero-order chi connectivity index (χ0) is 21.3. The van der Waals surface area contributed by atoms with E-state index in [9.17, 15) is 9.59 Å². The monoisotopic (exact) mass is 430 g/mol. The van der Waals surface area contributed by atoms with Gasteiger partial charge in [0.25, 0.3) is 5.91 Å². The van der Waals surface area contributed by atoms with Crippen molar-refractivity contribution >= 4 is 23.3 Å². The van der Waals surface area contributed by atoms with E-state index >= 15 is 0 Å². The van der Waals surface area contributed by atoms with Gasteiger partial charge < -0.3 is 15.1 Å². The van der Waals surface area contributed by atoms with Gasteiger partial charge in [-0.15, -0.1) is 11.3 Å². The van der Waals surface area contributed by atoms with Gasteiger partial charge in [-0.25, -0.2) is 9.78 Å². The Morgan fingerprint density at radius 1 is 1.07 bits per heavy atom. The van der Waals surface area contributed by atoms with Crippen molar-refractivity contribution in [3.8, 4) is 0 Å². The van der Waals surface area contributed by atoms with E-state index in [0.717, 1.165) is 50.3 Å². The van der Waals surface area contributed by atoms with Crippen molar-refractivity contribution in [2.24, 2.45) is 5.92 Å². The Labute approximate surface area is 183 Å². The Bertz CT molecular complexity index is 817. The second-order valence-electron chi connectivity index (χ2n) is 9.87. The molecule has 3 amide bonds. The fourth-order valence-electron chi connectivity index (χ4n) is 4.84. The molecule has 6 nitrogen and oxygen atoms in total. The predicted octanol–water partition coefficient (Wildman–Crippen LogP) is 4.75. The van der Waals surface area contributed by atoms with Crippen molar-refractivity contribution in [1.82, 2.24) is 20.1 Å². The van der Waals surface area contributed by atoms with E-state index in [1.165, 1.54) is 25.0 Å². The van der Waals surface area contributed by atoms with Crippen LogP contribution in [0.25, 0.3) is 0 Å². The van der Waals surface area contributed by atoms with Crippen LogP contribution in [0.5, 0.6) is 0 Å². The van der Waals surface area contributed by atoms with Crippen LogP contribution in [0.2, 0.25) is 0 Å². The summed E-state index contributed by atoms with van der Waals surface area (Å²) in [6, 6.07) is 0.0105. The number of aromatic nitrogens is 1. The molecule has 1 atom stereocenters. The summed E-state index contributed by atoms with van der Waals surface area (Å²) in [5, 5.41) is 6.02. The highest BCUT2D eigenvalue weighted by Crippen LogP contribution is 2.36. The minimum atomic E-state index is -0.222. The van der Waals surface area contributed by atoms with Crippen molar-refractivity contribution in [3.05, 3.63) is 27.9 Å². The smallest absolute Gasteiger partial charge is 0.317 e. The van der Waals surface area contributed by atoms with Crippen molar-refractivity contribution in [3.63, 3.8) is 0 Å². The molecular formula is C23H34N4O2S. The van der Waals surface area contributed by atoms with Crippen LogP contribution in [-0.4, -0.2) is 51.9 Å². The Kier molecular flexibility index (Phi) is 6.19. The topological polar surface area (TPSA) is 65.5 Å². The third-order valence-electron chi connectivity index (χ3n) is 6.37. The Balaban J connectivity index is 1.37. The van der Waals surface area contributed by atoms with Gasteiger partial charge in [0.05, 0.1) is 5.01 Å². The van der Waals surface area contributed by atoms with Crippen molar-refractivity contribution in [2.45, 2.75) is 77.2 Å². The highest BCUT2D eigenvalue weighted by molar-refractivity contribution is 7.09. The van der Waals surface area contributed by atoms with Gasteiger partial charge in [-0.05, 0) is 71.6 Å². The Morgan fingerprint density at radius 3 is 2.53 bits per heavy atom. The maximum absolute atomic E-state index is 13.2. The molecule has 164 valence electrons. The average Bonchev–Trinajstić information content (AvgIpc) is 3.22. The normalized spacial score (nSPS) is 23.0. The lowest BCUT2D eigenvalue weighted by Crippen LogP contribution is -2.50. The fraction of sp³-hybridized carbons (Fsp3) is 0.696. The first-order valence-electron chi connectivity index (χ1n) is 11.4. The number of carbonyl (C=O) groups excluding carboxylic acids is 2. The summed E-state index contributed by atoms with van der Waals surface area (Å²) in [6.45, 7) is 8.28. The summed E-state index contributed by atoms with van der Waals surface area (Å²) in [4.78, 5) is 34.2. The van der Waals surface area contributed by atoms with E-state index in [1.807, 2.05) is 36.0 Å². The molecule has 1 aromatic rings. The number of piperidine rings is 2. The number of hydrogen-bond acceptors (Lipinski definition) is 4. The third-order valence-corrected chi connectivity index (χ3v) is 7.38. The number of hydrogen-bond donors (Lipinski definition) is 1. The lowest BCUT2D eigenvalue weighted by molar-refractivity contribution is 0.0743. The molecule has 1 aliphatic carbocycles. The number of amides is 3. The SMILES string of the molecule is CC(C)(C)NC(=O)N1CCC(c2nc(C(=O)N3CCCC4CCCC=C43)cs2)CC1. The number of nitrogens with zero attached hydrogens (tertiary/aromatic N) is 3. The van der Waals surface area contributed by atoms with E-state index in [4.69, 9.17) is 4.98 Å². The molecule has 3 aliphatic rings. The van der Waals surface area contributed by atoms with Gasteiger partial charge in [0.15, 0.2) is 0 Å². The highest BCUT2D eigenvalue weighted by atomic mass is 32.1. The van der Waals surface area contributed by atoms with Gasteiger partial charge in [0, 0.05) is 42.2 Å². The van der Waals surface area contributed by atoms with Gasteiger partial charge in [0.2, 0.25) is 0 Å². The van der Waals surface area contributed by atoms with Crippen LogP contribution in [0.1, 0.15) is 87.1 Å². The Morgan fingerprint density at radius 2 is 1.80 bits per heavy atom. The van der Waals surface area contributed by atoms with Crippen molar-refractivity contribution < 1.29 is 9.59 Å². The largest absolute Gasteiger partial charge is 0.333 e. The summed E-state index contributed by atoms with van der Waals surface area (Å²) < 4.78 is 0. The second-order valence-corrected chi connectivity index (χ2v) is 10.8. The first-order valence-corrected chi connectivity index (χ1v) is 12.2. The van der Waals surface area contributed by atoms with Crippen LogP contribution in [0.15, 0.2) is 17.2 Å². The molecule has 0 radical (unpaired) electrons. The number of carbonyl (C=O) groups is 2. The van der Waals surface area contributed by atoms with Gasteiger partial charge in [-0.3, -0.25) is 4.79 Å². The molecular weight excluding hydrogens is 396 g/mol. The minimum absolute atomic E-state index is 0.0105. The molecule has 4 rings (SSSR count). The quantitative estimate of drug-likeness (QED) is 0.736. The van der Waals surface area contributed by atoms with E-state index in [-0.39, 0.29) is 17.5 Å². The minimum Gasteiger partial charge on any atom is -0.333 e. The molecule has 3 heterocycles. The molecule has 1 aromatic heterocycles. The zero-order valence-electron chi connectivity index (χ0n) is 18.4. The number of likely N-dealkylation sites (tertiary alicyclic amines) is 2. The van der Waals surface area contributed by atoms with Crippen molar-refractivity contribution in [1.29, 1.82) is 0 Å². The number of allylic oxidation sites excluding steroid dienone is 2. The van der Waals surface area contributed by atoms with E-state index in [2.05, 4.69) is 11.4 Å². The fourth-order valence-corrected chi connectivity index (χ4v) is 5.80. The second kappa shape index (κ2) is 8.69. The lowest BCUT2D eigenvalue weighted by Gasteiger charge is -2.37. The van der Waals surface area contributed by atoms with Gasteiger partial charge in [-0.1, -0.05) is 6.08 Å². The zero-order valence-corrected chi connectivity index (χ0v) is 19.3. The third kappa shape index (κ3) is 4.71. The number of rotatable bonds is 2. The molecule has 7 heteroatoms. The molecule has 1 N–H and O–H groups in total. The molecule has 0 aromatic carbocycles. The van der Waals surface area contributed by atoms with Crippen LogP contribution in [0.4, 0.5) is 4.79 Å². The summed E-state index contributed by atoms with van der Waals surface area (Å²) in [6.07, 6.45) is 9.89. The summed E-state index contributed by atoms with van der Waals surface area (Å²) >= 11 is 1.60. The molecule has 0 spiro atoms. The first kappa shape index (κ1) is 21.3. The van der Waals surface area contributed by atoms with Gasteiger partial charge >= 0.3 is 6.03 Å². The number of thiazole rings is 1. The molecule has 2 saturated heterocycles. The van der Waals surface area contributed by atoms with Crippen molar-refractivity contribution in [2.75, 3.05) is 19.6 Å².